The van der Waals surface area contributed by atoms with E-state index in [1.54, 1.807) is 0 Å². The van der Waals surface area contributed by atoms with Crippen molar-refractivity contribution in [1.82, 2.24) is 36.2 Å². The first-order valence-electron chi connectivity index (χ1n) is 8.37. The molecule has 0 aromatic carbocycles. The van der Waals surface area contributed by atoms with Crippen LogP contribution in [0.5, 0.6) is 0 Å². The summed E-state index contributed by atoms with van der Waals surface area (Å²) in [5.41, 5.74) is 0.0361. The maximum absolute atomic E-state index is 12.8. The van der Waals surface area contributed by atoms with Gasteiger partial charge in [0.05, 0.1) is 6.04 Å². The Kier molecular flexibility index (Phi) is 7.17. The highest BCUT2D eigenvalue weighted by Gasteiger charge is 2.44. The molecule has 3 amide bonds. The second-order valence-corrected chi connectivity index (χ2v) is 8.35. The fraction of sp³-hybridized carbons (Fsp3) is 0.429. The average molecular weight is 474 g/mol. The van der Waals surface area contributed by atoms with E-state index >= 15 is 0 Å². The lowest BCUT2D eigenvalue weighted by atomic mass is 9.96. The lowest BCUT2D eigenvalue weighted by Crippen LogP contribution is -2.72. The Balaban J connectivity index is 1.67. The number of amides is 3. The summed E-state index contributed by atoms with van der Waals surface area (Å²) in [5, 5.41) is 27.1. The first-order valence-corrected chi connectivity index (χ1v) is 10.7. The minimum atomic E-state index is -0.785. The molecule has 2 aromatic heterocycles. The van der Waals surface area contributed by atoms with Crippen LogP contribution < -0.4 is 16.0 Å². The number of hydrogen-bond acceptors (Lipinski definition) is 11. The number of H-pyrrole nitrogens is 1. The van der Waals surface area contributed by atoms with Gasteiger partial charge in [-0.05, 0) is 10.4 Å². The maximum Gasteiger partial charge on any atom is 0.276 e. The number of aromatic amines is 1. The van der Waals surface area contributed by atoms with Crippen molar-refractivity contribution < 1.29 is 19.2 Å². The zero-order valence-electron chi connectivity index (χ0n) is 15.6. The van der Waals surface area contributed by atoms with Crippen molar-refractivity contribution in [3.8, 4) is 0 Å². The summed E-state index contributed by atoms with van der Waals surface area (Å²) in [6.07, 6.45) is 0. The highest BCUT2D eigenvalue weighted by Crippen LogP contribution is 2.26. The Morgan fingerprint density at radius 2 is 2.30 bits per heavy atom. The molecule has 0 aliphatic carbocycles. The molecule has 0 bridgehead atoms. The van der Waals surface area contributed by atoms with Crippen LogP contribution in [0.15, 0.2) is 15.7 Å². The second kappa shape index (κ2) is 9.82. The molecule has 30 heavy (non-hydrogen) atoms. The zero-order chi connectivity index (χ0) is 21.7. The summed E-state index contributed by atoms with van der Waals surface area (Å²) in [7, 11) is 1.28. The van der Waals surface area contributed by atoms with E-state index in [0.29, 0.717) is 5.16 Å². The van der Waals surface area contributed by atoms with Crippen LogP contribution in [0.2, 0.25) is 0 Å². The quantitative estimate of drug-likeness (QED) is 0.121. The molecule has 4 N–H and O–H groups in total. The van der Waals surface area contributed by atoms with Crippen LogP contribution in [-0.4, -0.2) is 79.4 Å². The highest BCUT2D eigenvalue weighted by atomic mass is 35.5. The first kappa shape index (κ1) is 21.9. The van der Waals surface area contributed by atoms with E-state index in [2.05, 4.69) is 46.7 Å². The minimum Gasteiger partial charge on any atom is -0.398 e. The van der Waals surface area contributed by atoms with Gasteiger partial charge >= 0.3 is 0 Å². The molecule has 0 spiro atoms. The number of nitrogens with one attached hydrogen (secondary N) is 4. The number of tetrazole rings is 1. The van der Waals surface area contributed by atoms with E-state index in [1.165, 1.54) is 24.3 Å². The number of β-lactam (4-membered cyclic amide) rings is 1. The fourth-order valence-corrected chi connectivity index (χ4v) is 4.18. The topological polar surface area (TPSA) is 176 Å². The molecule has 160 valence electrons. The van der Waals surface area contributed by atoms with E-state index < -0.39 is 17.9 Å². The molecule has 0 saturated carbocycles. The molecule has 1 fully saturated rings. The Hall–Kier alpha value is -2.78. The molecule has 1 saturated heterocycles. The van der Waals surface area contributed by atoms with E-state index in [-0.39, 0.29) is 39.6 Å². The lowest BCUT2D eigenvalue weighted by molar-refractivity contribution is -0.134. The van der Waals surface area contributed by atoms with Crippen LogP contribution in [0.3, 0.4) is 0 Å². The number of alkyl halides is 1. The molecule has 3 heterocycles. The van der Waals surface area contributed by atoms with Crippen molar-refractivity contribution >= 4 is 63.3 Å². The number of carbonyl (C=O) groups is 3. The van der Waals surface area contributed by atoms with E-state index in [0.717, 1.165) is 11.3 Å². The van der Waals surface area contributed by atoms with Crippen LogP contribution >= 0.6 is 34.7 Å². The van der Waals surface area contributed by atoms with Crippen molar-refractivity contribution in [3.05, 3.63) is 11.1 Å². The van der Waals surface area contributed by atoms with Crippen LogP contribution in [0.25, 0.3) is 0 Å². The third-order valence-electron chi connectivity index (χ3n) is 3.88. The zero-order valence-corrected chi connectivity index (χ0v) is 18.0. The Labute approximate surface area is 182 Å². The predicted octanol–water partition coefficient (Wildman–Crippen LogP) is -0.652. The highest BCUT2D eigenvalue weighted by molar-refractivity contribution is 7.99. The maximum atomic E-state index is 12.8. The average Bonchev–Trinajstić information content (AvgIpc) is 3.40. The van der Waals surface area contributed by atoms with E-state index in [4.69, 9.17) is 16.4 Å². The molecule has 16 heteroatoms. The van der Waals surface area contributed by atoms with Gasteiger partial charge in [0.1, 0.15) is 24.7 Å². The predicted molar refractivity (Wildman–Crippen MR) is 108 cm³/mol. The number of nitrogens with zero attached hydrogens (tertiary/aromatic N) is 5. The molecular formula is C14H16ClN9O4S2. The van der Waals surface area contributed by atoms with Gasteiger partial charge in [-0.2, -0.15) is 0 Å². The largest absolute Gasteiger partial charge is 0.398 e. The number of thioether (sulfide) groups is 1. The first-order chi connectivity index (χ1) is 14.4. The van der Waals surface area contributed by atoms with Crippen molar-refractivity contribution in [1.29, 1.82) is 0 Å². The summed E-state index contributed by atoms with van der Waals surface area (Å²) in [6, 6.07) is -1.14. The molecular weight excluding hydrogens is 458 g/mol. The molecule has 1 aliphatic heterocycles. The molecule has 3 unspecified atom stereocenters. The Morgan fingerprint density at radius 3 is 2.93 bits per heavy atom. The summed E-state index contributed by atoms with van der Waals surface area (Å²) in [4.78, 5) is 45.1. The van der Waals surface area contributed by atoms with Gasteiger partial charge in [0.15, 0.2) is 10.8 Å². The summed E-state index contributed by atoms with van der Waals surface area (Å²) >= 11 is 7.86. The van der Waals surface area contributed by atoms with Crippen molar-refractivity contribution in [3.63, 3.8) is 0 Å². The van der Waals surface area contributed by atoms with Crippen molar-refractivity contribution in [2.45, 2.75) is 29.4 Å². The second-order valence-electron chi connectivity index (χ2n) is 5.86. The number of hydrogen-bond donors (Lipinski definition) is 4. The Morgan fingerprint density at radius 1 is 1.50 bits per heavy atom. The van der Waals surface area contributed by atoms with Crippen molar-refractivity contribution in [2.75, 3.05) is 18.3 Å². The molecule has 3 atom stereocenters. The third kappa shape index (κ3) is 5.03. The standard InChI is InChI=1S/C14H16ClN9O4S2/c1-5(30-14-20-23-24-21-14)8-10(12(27)18-8)19-11(26)9(22-28-2)6-4-29-13(16-6)17-7(25)3-15/h4-5,8,10H,3H2,1-2H3,(H,18,27)(H,19,26)(H,16,17,25)(H,20,21,23,24). The van der Waals surface area contributed by atoms with Gasteiger partial charge in [0.2, 0.25) is 17.0 Å². The van der Waals surface area contributed by atoms with Crippen LogP contribution in [0, 0.1) is 0 Å². The van der Waals surface area contributed by atoms with Gasteiger partial charge < -0.3 is 20.8 Å². The minimum absolute atomic E-state index is 0.137. The van der Waals surface area contributed by atoms with E-state index in [9.17, 15) is 14.4 Å². The van der Waals surface area contributed by atoms with Gasteiger partial charge in [-0.3, -0.25) is 14.4 Å². The van der Waals surface area contributed by atoms with Crippen LogP contribution in [-0.2, 0) is 19.2 Å². The normalized spacial score (nSPS) is 19.4. The number of carbonyl (C=O) groups excluding carboxylic acids is 3. The molecule has 3 rings (SSSR count). The van der Waals surface area contributed by atoms with Crippen LogP contribution in [0.1, 0.15) is 12.6 Å². The number of oxime groups is 1. The molecule has 2 aromatic rings. The molecule has 0 radical (unpaired) electrons. The van der Waals surface area contributed by atoms with Gasteiger partial charge in [-0.1, -0.05) is 23.8 Å². The number of thiazole rings is 1. The number of rotatable bonds is 9. The number of aromatic nitrogens is 5. The Bertz CT molecular complexity index is 951. The number of halogens is 1. The van der Waals surface area contributed by atoms with Gasteiger partial charge in [0, 0.05) is 10.6 Å². The SMILES string of the molecule is CON=C(C(=O)NC1C(=O)NC1C(C)Sc1nnn[nH]1)c1csc(NC(=O)CCl)n1. The molecule has 1 aliphatic rings. The fourth-order valence-electron chi connectivity index (χ4n) is 2.50. The summed E-state index contributed by atoms with van der Waals surface area (Å²) in [5.74, 6) is -1.65. The van der Waals surface area contributed by atoms with Gasteiger partial charge in [-0.15, -0.1) is 28.0 Å². The van der Waals surface area contributed by atoms with E-state index in [1.807, 2.05) is 6.92 Å². The lowest BCUT2D eigenvalue weighted by Gasteiger charge is -2.40. The number of anilines is 1. The summed E-state index contributed by atoms with van der Waals surface area (Å²) < 4.78 is 0. The van der Waals surface area contributed by atoms with Crippen LogP contribution in [0.4, 0.5) is 5.13 Å². The van der Waals surface area contributed by atoms with Gasteiger partial charge in [0.25, 0.3) is 5.91 Å². The smallest absolute Gasteiger partial charge is 0.276 e. The molecule has 13 nitrogen and oxygen atoms in total. The van der Waals surface area contributed by atoms with Crippen molar-refractivity contribution in [2.24, 2.45) is 5.16 Å². The monoisotopic (exact) mass is 473 g/mol. The third-order valence-corrected chi connectivity index (χ3v) is 5.94. The summed E-state index contributed by atoms with van der Waals surface area (Å²) in [6.45, 7) is 1.87. The van der Waals surface area contributed by atoms with Gasteiger partial charge in [-0.25, -0.2) is 10.1 Å².